The van der Waals surface area contributed by atoms with Crippen molar-refractivity contribution in [2.24, 2.45) is 5.92 Å². The van der Waals surface area contributed by atoms with Gasteiger partial charge in [-0.2, -0.15) is 5.10 Å². The van der Waals surface area contributed by atoms with E-state index in [9.17, 15) is 4.79 Å². The average Bonchev–Trinajstić information content (AvgIpc) is 2.80. The molecule has 0 radical (unpaired) electrons. The third kappa shape index (κ3) is 2.81. The molecule has 16 heavy (non-hydrogen) atoms. The Hall–Kier alpha value is -1.39. The lowest BCUT2D eigenvalue weighted by molar-refractivity contribution is -0.132. The first-order valence-corrected chi connectivity index (χ1v) is 5.86. The summed E-state index contributed by atoms with van der Waals surface area (Å²) >= 11 is 0. The Morgan fingerprint density at radius 3 is 2.81 bits per heavy atom. The topological polar surface area (TPSA) is 51.0 Å². The van der Waals surface area contributed by atoms with Crippen molar-refractivity contribution in [3.05, 3.63) is 12.7 Å². The number of rotatable bonds is 3. The van der Waals surface area contributed by atoms with E-state index in [0.717, 1.165) is 31.8 Å². The molecule has 88 valence electrons. The summed E-state index contributed by atoms with van der Waals surface area (Å²) in [5.74, 6) is 1.00. The van der Waals surface area contributed by atoms with Crippen LogP contribution in [0.4, 0.5) is 0 Å². The smallest absolute Gasteiger partial charge is 0.224 e. The zero-order valence-electron chi connectivity index (χ0n) is 9.67. The summed E-state index contributed by atoms with van der Waals surface area (Å²) in [6, 6.07) is 0. The number of likely N-dealkylation sites (tertiary alicyclic amines) is 1. The van der Waals surface area contributed by atoms with Crippen molar-refractivity contribution in [2.45, 2.75) is 32.7 Å². The molecule has 0 saturated carbocycles. The summed E-state index contributed by atoms with van der Waals surface area (Å²) in [4.78, 5) is 17.7. The molecule has 1 aromatic heterocycles. The van der Waals surface area contributed by atoms with Gasteiger partial charge in [-0.15, -0.1) is 0 Å². The molecule has 0 bridgehead atoms. The van der Waals surface area contributed by atoms with E-state index >= 15 is 0 Å². The van der Waals surface area contributed by atoms with E-state index in [2.05, 4.69) is 17.0 Å². The minimum Gasteiger partial charge on any atom is -0.343 e. The van der Waals surface area contributed by atoms with Gasteiger partial charge in [0, 0.05) is 19.5 Å². The second-order valence-electron chi connectivity index (χ2n) is 4.47. The lowest BCUT2D eigenvalue weighted by Gasteiger charge is -2.30. The summed E-state index contributed by atoms with van der Waals surface area (Å²) in [6.07, 6.45) is 5.93. The van der Waals surface area contributed by atoms with Gasteiger partial charge < -0.3 is 4.90 Å². The van der Waals surface area contributed by atoms with E-state index in [1.165, 1.54) is 6.33 Å². The van der Waals surface area contributed by atoms with Crippen LogP contribution in [0.2, 0.25) is 0 Å². The third-order valence-electron chi connectivity index (χ3n) is 3.16. The number of aromatic nitrogens is 3. The molecule has 2 heterocycles. The molecule has 0 atom stereocenters. The van der Waals surface area contributed by atoms with Crippen LogP contribution in [0.15, 0.2) is 12.7 Å². The van der Waals surface area contributed by atoms with Crippen molar-refractivity contribution in [3.63, 3.8) is 0 Å². The number of aryl methyl sites for hydroxylation is 1. The maximum Gasteiger partial charge on any atom is 0.224 e. The van der Waals surface area contributed by atoms with E-state index in [1.807, 2.05) is 4.90 Å². The third-order valence-corrected chi connectivity index (χ3v) is 3.16. The van der Waals surface area contributed by atoms with E-state index in [-0.39, 0.29) is 5.91 Å². The Balaban J connectivity index is 1.75. The van der Waals surface area contributed by atoms with Crippen LogP contribution in [-0.4, -0.2) is 38.7 Å². The van der Waals surface area contributed by atoms with Crippen molar-refractivity contribution >= 4 is 5.91 Å². The first-order valence-electron chi connectivity index (χ1n) is 5.86. The quantitative estimate of drug-likeness (QED) is 0.764. The molecule has 1 aromatic rings. The van der Waals surface area contributed by atoms with Crippen LogP contribution in [0.25, 0.3) is 0 Å². The lowest BCUT2D eigenvalue weighted by Crippen LogP contribution is -2.38. The van der Waals surface area contributed by atoms with Crippen molar-refractivity contribution < 1.29 is 4.79 Å². The van der Waals surface area contributed by atoms with Gasteiger partial charge in [0.1, 0.15) is 12.7 Å². The maximum absolute atomic E-state index is 11.9. The average molecular weight is 222 g/mol. The molecule has 0 aromatic carbocycles. The zero-order valence-corrected chi connectivity index (χ0v) is 9.67. The highest BCUT2D eigenvalue weighted by atomic mass is 16.2. The molecule has 1 aliphatic heterocycles. The molecule has 0 N–H and O–H groups in total. The predicted octanol–water partition coefficient (Wildman–Crippen LogP) is 0.927. The first kappa shape index (κ1) is 11.1. The Morgan fingerprint density at radius 2 is 2.19 bits per heavy atom. The second-order valence-corrected chi connectivity index (χ2v) is 4.47. The zero-order chi connectivity index (χ0) is 11.4. The van der Waals surface area contributed by atoms with Gasteiger partial charge in [-0.05, 0) is 18.8 Å². The number of hydrogen-bond acceptors (Lipinski definition) is 3. The Morgan fingerprint density at radius 1 is 1.44 bits per heavy atom. The molecule has 0 aliphatic carbocycles. The minimum atomic E-state index is 0.238. The van der Waals surface area contributed by atoms with Gasteiger partial charge in [-0.1, -0.05) is 6.92 Å². The Labute approximate surface area is 95.5 Å². The summed E-state index contributed by atoms with van der Waals surface area (Å²) in [7, 11) is 0. The minimum absolute atomic E-state index is 0.238. The Kier molecular flexibility index (Phi) is 3.54. The molecule has 5 heteroatoms. The van der Waals surface area contributed by atoms with Gasteiger partial charge in [0.25, 0.3) is 0 Å². The van der Waals surface area contributed by atoms with Crippen LogP contribution in [-0.2, 0) is 11.3 Å². The van der Waals surface area contributed by atoms with Crippen LogP contribution in [0.1, 0.15) is 26.2 Å². The number of carbonyl (C=O) groups excluding carboxylic acids is 1. The number of piperidine rings is 1. The molecule has 0 spiro atoms. The highest BCUT2D eigenvalue weighted by Crippen LogP contribution is 2.16. The lowest BCUT2D eigenvalue weighted by atomic mass is 9.99. The van der Waals surface area contributed by atoms with Crippen LogP contribution >= 0.6 is 0 Å². The van der Waals surface area contributed by atoms with Gasteiger partial charge in [0.2, 0.25) is 5.91 Å². The molecule has 2 rings (SSSR count). The fourth-order valence-electron chi connectivity index (χ4n) is 1.97. The number of amides is 1. The van der Waals surface area contributed by atoms with Gasteiger partial charge in [0.15, 0.2) is 0 Å². The van der Waals surface area contributed by atoms with Crippen molar-refractivity contribution in [1.82, 2.24) is 19.7 Å². The van der Waals surface area contributed by atoms with Crippen LogP contribution in [0.5, 0.6) is 0 Å². The van der Waals surface area contributed by atoms with Gasteiger partial charge in [0.05, 0.1) is 6.54 Å². The molecule has 5 nitrogen and oxygen atoms in total. The largest absolute Gasteiger partial charge is 0.343 e. The van der Waals surface area contributed by atoms with E-state index < -0.39 is 0 Å². The summed E-state index contributed by atoms with van der Waals surface area (Å²) < 4.78 is 1.70. The molecular weight excluding hydrogens is 204 g/mol. The predicted molar refractivity (Wildman–Crippen MR) is 59.6 cm³/mol. The SMILES string of the molecule is CC1CCN(C(=O)CCn2cncn2)CC1. The van der Waals surface area contributed by atoms with E-state index in [1.54, 1.807) is 11.0 Å². The molecule has 1 saturated heterocycles. The van der Waals surface area contributed by atoms with Gasteiger partial charge in [-0.25, -0.2) is 4.98 Å². The number of nitrogens with zero attached hydrogens (tertiary/aromatic N) is 4. The highest BCUT2D eigenvalue weighted by Gasteiger charge is 2.19. The number of hydrogen-bond donors (Lipinski definition) is 0. The second kappa shape index (κ2) is 5.09. The highest BCUT2D eigenvalue weighted by molar-refractivity contribution is 5.76. The standard InChI is InChI=1S/C11H18N4O/c1-10-2-5-14(6-3-10)11(16)4-7-15-9-12-8-13-15/h8-10H,2-7H2,1H3. The van der Waals surface area contributed by atoms with Crippen LogP contribution in [0, 0.1) is 5.92 Å². The van der Waals surface area contributed by atoms with Crippen LogP contribution in [0.3, 0.4) is 0 Å². The van der Waals surface area contributed by atoms with Crippen molar-refractivity contribution in [3.8, 4) is 0 Å². The fourth-order valence-corrected chi connectivity index (χ4v) is 1.97. The summed E-state index contributed by atoms with van der Waals surface area (Å²) in [5.41, 5.74) is 0. The summed E-state index contributed by atoms with van der Waals surface area (Å²) in [6.45, 7) is 4.71. The normalized spacial score (nSPS) is 17.7. The molecule has 1 aliphatic rings. The van der Waals surface area contributed by atoms with Crippen LogP contribution < -0.4 is 0 Å². The first-order chi connectivity index (χ1) is 7.75. The van der Waals surface area contributed by atoms with Crippen molar-refractivity contribution in [1.29, 1.82) is 0 Å². The van der Waals surface area contributed by atoms with Gasteiger partial charge >= 0.3 is 0 Å². The van der Waals surface area contributed by atoms with Gasteiger partial charge in [-0.3, -0.25) is 9.48 Å². The molecule has 0 unspecified atom stereocenters. The Bertz CT molecular complexity index is 328. The molecule has 1 amide bonds. The monoisotopic (exact) mass is 222 g/mol. The summed E-state index contributed by atoms with van der Waals surface area (Å²) in [5, 5.41) is 3.98. The van der Waals surface area contributed by atoms with E-state index in [0.29, 0.717) is 13.0 Å². The van der Waals surface area contributed by atoms with E-state index in [4.69, 9.17) is 0 Å². The number of carbonyl (C=O) groups is 1. The fraction of sp³-hybridized carbons (Fsp3) is 0.727. The molecule has 1 fully saturated rings. The maximum atomic E-state index is 11.9. The molecular formula is C11H18N4O. The van der Waals surface area contributed by atoms with Crippen molar-refractivity contribution in [2.75, 3.05) is 13.1 Å².